The Hall–Kier alpha value is -1.99. The van der Waals surface area contributed by atoms with Crippen molar-refractivity contribution in [2.45, 2.75) is 130 Å². The summed E-state index contributed by atoms with van der Waals surface area (Å²) in [5.41, 5.74) is 21.8. The molecule has 41 heavy (non-hydrogen) atoms. The predicted molar refractivity (Wildman–Crippen MR) is 178 cm³/mol. The van der Waals surface area contributed by atoms with Gasteiger partial charge in [-0.15, -0.1) is 0 Å². The number of allylic oxidation sites excluding steroid dienone is 2. The summed E-state index contributed by atoms with van der Waals surface area (Å²) in [6.07, 6.45) is 19.1. The van der Waals surface area contributed by atoms with E-state index < -0.39 is 0 Å². The van der Waals surface area contributed by atoms with Crippen molar-refractivity contribution in [2.75, 3.05) is 0 Å². The van der Waals surface area contributed by atoms with Gasteiger partial charge in [0, 0.05) is 22.3 Å². The summed E-state index contributed by atoms with van der Waals surface area (Å²) in [5, 5.41) is 0. The van der Waals surface area contributed by atoms with Crippen LogP contribution in [0.2, 0.25) is 0 Å². The first-order chi connectivity index (χ1) is 18.6. The Labute approximate surface area is 264 Å². The summed E-state index contributed by atoms with van der Waals surface area (Å²) < 4.78 is 1.56. The Morgan fingerprint density at radius 3 is 1.37 bits per heavy atom. The minimum absolute atomic E-state index is 0. The summed E-state index contributed by atoms with van der Waals surface area (Å²) in [4.78, 5) is 0. The molecule has 0 aliphatic carbocycles. The molecule has 0 bridgehead atoms. The van der Waals surface area contributed by atoms with E-state index in [0.29, 0.717) is 0 Å². The quantitative estimate of drug-likeness (QED) is 0.0703. The summed E-state index contributed by atoms with van der Waals surface area (Å²) in [5.74, 6) is 0. The standard InChI is InChI=1S/C36H52N2.2CH3.Ni/c1-5-9-13-14-15-16-26-34-33(25-12-8-4)35(31-23-17-21-29(27-31)19-10-6-2)38(37)36(34)32-24-18-22-30(28-32)20-11-7-3;;;/h17-18,21-24,27-28H,5-16,19-20,25-26H2,1-4H3;2*1H3;/q;2*-1;+2. The van der Waals surface area contributed by atoms with Crippen LogP contribution in [0.4, 0.5) is 0 Å². The minimum atomic E-state index is 0. The second-order valence-electron chi connectivity index (χ2n) is 11.2. The molecule has 0 N–H and O–H groups in total. The molecule has 2 aromatic carbocycles. The largest absolute Gasteiger partial charge is 2.00 e. The summed E-state index contributed by atoms with van der Waals surface area (Å²) in [6, 6.07) is 17.9. The molecule has 1 aliphatic heterocycles. The zero-order valence-corrected chi connectivity index (χ0v) is 28.1. The molecule has 0 radical (unpaired) electrons. The van der Waals surface area contributed by atoms with Crippen LogP contribution in [0.3, 0.4) is 0 Å². The maximum absolute atomic E-state index is 11.9. The molecule has 0 saturated heterocycles. The van der Waals surface area contributed by atoms with Gasteiger partial charge in [0.2, 0.25) is 11.4 Å². The van der Waals surface area contributed by atoms with Crippen LogP contribution >= 0.6 is 0 Å². The average molecular weight is 602 g/mol. The van der Waals surface area contributed by atoms with E-state index in [4.69, 9.17) is 0 Å². The third-order valence-electron chi connectivity index (χ3n) is 7.96. The van der Waals surface area contributed by atoms with Crippen LogP contribution in [-0.4, -0.2) is 4.70 Å². The van der Waals surface area contributed by atoms with Gasteiger partial charge in [-0.25, -0.2) is 4.70 Å². The molecule has 0 atom stereocenters. The van der Waals surface area contributed by atoms with E-state index in [1.54, 1.807) is 4.70 Å². The molecule has 0 saturated carbocycles. The maximum Gasteiger partial charge on any atom is 2.00 e. The Bertz CT molecular complexity index is 1090. The smallest absolute Gasteiger partial charge is 0.493 e. The van der Waals surface area contributed by atoms with Gasteiger partial charge in [-0.3, -0.25) is 0 Å². The zero-order valence-electron chi connectivity index (χ0n) is 27.1. The molecule has 230 valence electrons. The van der Waals surface area contributed by atoms with Crippen LogP contribution < -0.4 is 0 Å². The van der Waals surface area contributed by atoms with Gasteiger partial charge in [-0.05, 0) is 86.8 Å². The average Bonchev–Trinajstić information content (AvgIpc) is 3.22. The van der Waals surface area contributed by atoms with Crippen molar-refractivity contribution in [2.24, 2.45) is 0 Å². The van der Waals surface area contributed by atoms with Gasteiger partial charge < -0.3 is 20.4 Å². The van der Waals surface area contributed by atoms with Crippen molar-refractivity contribution in [3.8, 4) is 0 Å². The fraction of sp³-hybridized carbons (Fsp3) is 0.526. The molecule has 1 heterocycles. The number of benzene rings is 2. The topological polar surface area (TPSA) is 25.3 Å². The van der Waals surface area contributed by atoms with Gasteiger partial charge >= 0.3 is 16.5 Å². The van der Waals surface area contributed by atoms with Crippen molar-refractivity contribution in [1.29, 1.82) is 0 Å². The van der Waals surface area contributed by atoms with Crippen molar-refractivity contribution >= 4 is 11.4 Å². The Morgan fingerprint density at radius 2 is 0.902 bits per heavy atom. The minimum Gasteiger partial charge on any atom is -0.493 e. The molecule has 3 rings (SSSR count). The normalized spacial score (nSPS) is 12.7. The molecule has 3 heteroatoms. The van der Waals surface area contributed by atoms with Gasteiger partial charge in [0.05, 0.1) is 0 Å². The van der Waals surface area contributed by atoms with Crippen molar-refractivity contribution in [3.05, 3.63) is 102 Å². The molecule has 0 amide bonds. The van der Waals surface area contributed by atoms with Gasteiger partial charge in [-0.1, -0.05) is 103 Å². The first-order valence-corrected chi connectivity index (χ1v) is 15.8. The van der Waals surface area contributed by atoms with Crippen LogP contribution in [0.5, 0.6) is 0 Å². The zero-order chi connectivity index (χ0) is 27.2. The SMILES string of the molecule is CCCCCCCCC1=C(c2cccc(CCCC)c2)[N+](=[N-])C(c2cccc(CCCC)c2)=C1CCCC.[CH3-].[CH3-].[Ni+2]. The molecule has 0 spiro atoms. The number of rotatable bonds is 18. The Kier molecular flexibility index (Phi) is 20.6. The maximum atomic E-state index is 11.9. The van der Waals surface area contributed by atoms with Crippen LogP contribution in [-0.2, 0) is 29.3 Å². The van der Waals surface area contributed by atoms with Crippen LogP contribution in [0.1, 0.15) is 140 Å². The fourth-order valence-corrected chi connectivity index (χ4v) is 5.73. The number of hydrogen-bond donors (Lipinski definition) is 0. The van der Waals surface area contributed by atoms with Crippen molar-refractivity contribution < 1.29 is 21.2 Å². The molecule has 1 aliphatic rings. The van der Waals surface area contributed by atoms with E-state index in [1.165, 1.54) is 86.5 Å². The predicted octanol–water partition coefficient (Wildman–Crippen LogP) is 12.4. The van der Waals surface area contributed by atoms with Crippen molar-refractivity contribution in [3.63, 3.8) is 0 Å². The van der Waals surface area contributed by atoms with Gasteiger partial charge in [0.15, 0.2) is 0 Å². The van der Waals surface area contributed by atoms with E-state index >= 15 is 0 Å². The number of unbranched alkanes of at least 4 members (excludes halogenated alkanes) is 8. The number of nitrogens with zero attached hydrogens (tertiary/aromatic N) is 2. The third kappa shape index (κ3) is 11.3. The van der Waals surface area contributed by atoms with E-state index in [9.17, 15) is 5.53 Å². The molecular weight excluding hydrogens is 543 g/mol. The van der Waals surface area contributed by atoms with E-state index in [-0.39, 0.29) is 31.3 Å². The molecule has 0 unspecified atom stereocenters. The van der Waals surface area contributed by atoms with E-state index in [0.717, 1.165) is 61.0 Å². The Balaban J connectivity index is 0.00000533. The summed E-state index contributed by atoms with van der Waals surface area (Å²) >= 11 is 0. The Morgan fingerprint density at radius 1 is 0.512 bits per heavy atom. The second kappa shape index (κ2) is 21.7. The van der Waals surface area contributed by atoms with Crippen LogP contribution in [0.15, 0.2) is 59.7 Å². The van der Waals surface area contributed by atoms with Crippen LogP contribution in [0, 0.1) is 14.9 Å². The van der Waals surface area contributed by atoms with E-state index in [2.05, 4.69) is 76.2 Å². The molecular formula is C38H58N2Ni. The van der Waals surface area contributed by atoms with Gasteiger partial charge in [-0.2, -0.15) is 0 Å². The number of hydrogen-bond acceptors (Lipinski definition) is 0. The van der Waals surface area contributed by atoms with E-state index in [1.807, 2.05) is 0 Å². The molecule has 0 fully saturated rings. The third-order valence-corrected chi connectivity index (χ3v) is 7.96. The molecule has 2 nitrogen and oxygen atoms in total. The number of aryl methyl sites for hydroxylation is 2. The summed E-state index contributed by atoms with van der Waals surface area (Å²) in [7, 11) is 0. The van der Waals surface area contributed by atoms with Gasteiger partial charge in [0.25, 0.3) is 0 Å². The van der Waals surface area contributed by atoms with Crippen LogP contribution in [0.25, 0.3) is 16.9 Å². The monoisotopic (exact) mass is 600 g/mol. The molecule has 0 aromatic heterocycles. The first-order valence-electron chi connectivity index (χ1n) is 15.8. The van der Waals surface area contributed by atoms with Gasteiger partial charge in [0.1, 0.15) is 0 Å². The summed E-state index contributed by atoms with van der Waals surface area (Å²) in [6.45, 7) is 9.05. The molecule has 2 aromatic rings. The second-order valence-corrected chi connectivity index (χ2v) is 11.2. The first kappa shape index (κ1) is 39.0. The van der Waals surface area contributed by atoms with Crippen molar-refractivity contribution in [1.82, 2.24) is 0 Å². The fourth-order valence-electron chi connectivity index (χ4n) is 5.73.